The first-order valence-corrected chi connectivity index (χ1v) is 9.10. The van der Waals surface area contributed by atoms with Gasteiger partial charge >= 0.3 is 41.6 Å². The summed E-state index contributed by atoms with van der Waals surface area (Å²) in [5.74, 6) is -0.142. The number of urea groups is 1. The molecule has 0 aliphatic carbocycles. The molecule has 8 heteroatoms. The number of rotatable bonds is 3. The van der Waals surface area contributed by atoms with Crippen molar-refractivity contribution < 1.29 is 45.7 Å². The maximum atomic E-state index is 12.6. The Bertz CT molecular complexity index is 1040. The molecule has 1 saturated heterocycles. The van der Waals surface area contributed by atoms with Gasteiger partial charge in [0.1, 0.15) is 5.82 Å². The number of fused-ring (bicyclic) bond motifs is 1. The van der Waals surface area contributed by atoms with E-state index in [0.717, 1.165) is 16.6 Å². The Labute approximate surface area is 192 Å². The van der Waals surface area contributed by atoms with E-state index in [1.807, 2.05) is 18.2 Å². The fourth-order valence-electron chi connectivity index (χ4n) is 3.45. The van der Waals surface area contributed by atoms with Gasteiger partial charge in [0, 0.05) is 37.8 Å². The number of carboxylic acid groups (broad SMARTS) is 1. The average molecular weight is 400 g/mol. The number of pyridine rings is 1. The Kier molecular flexibility index (Phi) is 6.74. The molecule has 0 spiro atoms. The predicted octanol–water partition coefficient (Wildman–Crippen LogP) is 0.404. The van der Waals surface area contributed by atoms with E-state index in [9.17, 15) is 14.7 Å². The summed E-state index contributed by atoms with van der Waals surface area (Å²) in [5, 5.41) is 14.2. The van der Waals surface area contributed by atoms with Crippen molar-refractivity contribution >= 4 is 34.3 Å². The molecule has 0 unspecified atom stereocenters. The van der Waals surface area contributed by atoms with Crippen molar-refractivity contribution in [1.29, 1.82) is 0 Å². The smallest absolute Gasteiger partial charge is 1.00 e. The summed E-state index contributed by atoms with van der Waals surface area (Å²) in [6.07, 6.45) is 1.81. The molecule has 0 radical (unpaired) electrons. The van der Waals surface area contributed by atoms with E-state index in [4.69, 9.17) is 0 Å². The van der Waals surface area contributed by atoms with Crippen LogP contribution in [0.3, 0.4) is 0 Å². The summed E-state index contributed by atoms with van der Waals surface area (Å²) in [4.78, 5) is 32.3. The van der Waals surface area contributed by atoms with Gasteiger partial charge in [-0.25, -0.2) is 14.6 Å². The van der Waals surface area contributed by atoms with E-state index in [1.54, 1.807) is 29.3 Å². The Hall–Kier alpha value is -2.61. The zero-order valence-electron chi connectivity index (χ0n) is 17.2. The molecule has 144 valence electrons. The van der Waals surface area contributed by atoms with E-state index in [2.05, 4.69) is 27.3 Å². The minimum Gasteiger partial charge on any atom is -1.00 e. The number of aromatic nitrogens is 1. The van der Waals surface area contributed by atoms with Gasteiger partial charge < -0.3 is 21.6 Å². The van der Waals surface area contributed by atoms with E-state index >= 15 is 0 Å². The molecule has 1 fully saturated rings. The fraction of sp³-hybridized carbons (Fsp3) is 0.190. The van der Waals surface area contributed by atoms with Gasteiger partial charge in [-0.15, -0.1) is 0 Å². The van der Waals surface area contributed by atoms with Crippen LogP contribution < -0.4 is 39.8 Å². The number of carboxylic acids is 1. The molecule has 7 nitrogen and oxygen atoms in total. The number of carbonyl (C=O) groups is 2. The Balaban J connectivity index is 0.00000160. The van der Waals surface area contributed by atoms with Gasteiger partial charge in [0.2, 0.25) is 0 Å². The quantitative estimate of drug-likeness (QED) is 0.622. The second kappa shape index (κ2) is 9.26. The van der Waals surface area contributed by atoms with Gasteiger partial charge in [-0.3, -0.25) is 0 Å². The van der Waals surface area contributed by atoms with Crippen molar-refractivity contribution in [1.82, 2.24) is 9.88 Å². The molecule has 29 heavy (non-hydrogen) atoms. The van der Waals surface area contributed by atoms with Crippen molar-refractivity contribution in [2.24, 2.45) is 0 Å². The van der Waals surface area contributed by atoms with Crippen molar-refractivity contribution in [3.05, 3.63) is 66.4 Å². The summed E-state index contributed by atoms with van der Waals surface area (Å²) in [7, 11) is 0. The number of nitrogens with one attached hydrogen (secondary N) is 1. The Morgan fingerprint density at radius 1 is 0.966 bits per heavy atom. The first kappa shape index (κ1) is 21.1. The van der Waals surface area contributed by atoms with Crippen LogP contribution in [0.15, 0.2) is 60.8 Å². The van der Waals surface area contributed by atoms with Gasteiger partial charge in [0.15, 0.2) is 0 Å². The average Bonchev–Trinajstić information content (AvgIpc) is 2.73. The molecule has 3 aromatic rings. The van der Waals surface area contributed by atoms with Crippen LogP contribution in [-0.4, -0.2) is 53.2 Å². The molecule has 2 heterocycles. The van der Waals surface area contributed by atoms with Crippen LogP contribution in [0, 0.1) is 0 Å². The number of piperazine rings is 1. The number of nitrogens with zero attached hydrogens (tertiary/aromatic N) is 3. The fourth-order valence-corrected chi connectivity index (χ4v) is 3.45. The summed E-state index contributed by atoms with van der Waals surface area (Å²) in [6, 6.07) is 16.2. The molecule has 0 saturated carbocycles. The molecule has 0 bridgehead atoms. The number of benzene rings is 2. The predicted molar refractivity (Wildman–Crippen MR) is 109 cm³/mol. The summed E-state index contributed by atoms with van der Waals surface area (Å²) in [6.45, 7) is 2.39. The van der Waals surface area contributed by atoms with Crippen molar-refractivity contribution in [2.45, 2.75) is 0 Å². The molecule has 1 aromatic heterocycles. The van der Waals surface area contributed by atoms with Crippen molar-refractivity contribution in [2.75, 3.05) is 36.4 Å². The number of hydrogen-bond donors (Lipinski definition) is 2. The normalized spacial score (nSPS) is 13.7. The molecular formula is C21H21N4NaO3. The van der Waals surface area contributed by atoms with Crippen LogP contribution >= 0.6 is 0 Å². The van der Waals surface area contributed by atoms with Crippen LogP contribution in [-0.2, 0) is 0 Å². The number of aromatic carboxylic acids is 1. The maximum absolute atomic E-state index is 12.6. The van der Waals surface area contributed by atoms with Crippen LogP contribution in [0.5, 0.6) is 0 Å². The van der Waals surface area contributed by atoms with Gasteiger partial charge in [-0.2, -0.15) is 0 Å². The van der Waals surface area contributed by atoms with Gasteiger partial charge in [0.05, 0.1) is 11.3 Å². The van der Waals surface area contributed by atoms with Crippen molar-refractivity contribution in [3.63, 3.8) is 0 Å². The molecule has 2 aromatic carbocycles. The zero-order valence-corrected chi connectivity index (χ0v) is 18.2. The Morgan fingerprint density at radius 3 is 2.41 bits per heavy atom. The Morgan fingerprint density at radius 2 is 1.66 bits per heavy atom. The molecule has 1 aliphatic rings. The van der Waals surface area contributed by atoms with Crippen LogP contribution in [0.25, 0.3) is 10.8 Å². The largest absolute Gasteiger partial charge is 1.00 e. The molecule has 2 amide bonds. The van der Waals surface area contributed by atoms with Crippen LogP contribution in [0.1, 0.15) is 11.8 Å². The van der Waals surface area contributed by atoms with E-state index in [0.29, 0.717) is 31.9 Å². The molecule has 4 rings (SSSR count). The molecule has 2 N–H and O–H groups in total. The zero-order chi connectivity index (χ0) is 19.5. The van der Waals surface area contributed by atoms with Crippen LogP contribution in [0.4, 0.5) is 16.3 Å². The van der Waals surface area contributed by atoms with E-state index < -0.39 is 5.97 Å². The second-order valence-electron chi connectivity index (χ2n) is 6.61. The number of amides is 2. The third-order valence-electron chi connectivity index (χ3n) is 4.92. The van der Waals surface area contributed by atoms with Gasteiger partial charge in [-0.05, 0) is 23.6 Å². The number of para-hydroxylation sites is 1. The SMILES string of the molecule is O=C(O)c1ccccc1NC(=O)N1CCN(c2nccc3ccccc23)CC1.[H-].[Na+]. The molecular weight excluding hydrogens is 379 g/mol. The van der Waals surface area contributed by atoms with E-state index in [-0.39, 0.29) is 42.6 Å². The minimum absolute atomic E-state index is 0. The third-order valence-corrected chi connectivity index (χ3v) is 4.92. The number of carbonyl (C=O) groups excluding carboxylic acids is 1. The summed E-state index contributed by atoms with van der Waals surface area (Å²) >= 11 is 0. The molecule has 0 atom stereocenters. The minimum atomic E-state index is -1.07. The summed E-state index contributed by atoms with van der Waals surface area (Å²) in [5.41, 5.74) is 0.382. The number of anilines is 2. The second-order valence-corrected chi connectivity index (χ2v) is 6.61. The van der Waals surface area contributed by atoms with E-state index in [1.165, 1.54) is 6.07 Å². The standard InChI is InChI=1S/C21H20N4O3.Na.H/c26-20(27)17-7-3-4-8-18(17)23-21(28)25-13-11-24(12-14-25)19-16-6-2-1-5-15(16)9-10-22-19;;/h1-10H,11-14H2,(H,23,28)(H,26,27);;/q;+1;-1. The monoisotopic (exact) mass is 400 g/mol. The van der Waals surface area contributed by atoms with Crippen LogP contribution in [0.2, 0.25) is 0 Å². The maximum Gasteiger partial charge on any atom is 1.00 e. The molecule has 1 aliphatic heterocycles. The van der Waals surface area contributed by atoms with Gasteiger partial charge in [-0.1, -0.05) is 36.4 Å². The first-order chi connectivity index (χ1) is 13.6. The van der Waals surface area contributed by atoms with Crippen molar-refractivity contribution in [3.8, 4) is 0 Å². The summed E-state index contributed by atoms with van der Waals surface area (Å²) < 4.78 is 0. The topological polar surface area (TPSA) is 85.8 Å². The van der Waals surface area contributed by atoms with Gasteiger partial charge in [0.25, 0.3) is 0 Å². The number of hydrogen-bond acceptors (Lipinski definition) is 4. The third kappa shape index (κ3) is 4.53. The first-order valence-electron chi connectivity index (χ1n) is 9.10.